The lowest BCUT2D eigenvalue weighted by molar-refractivity contribution is -0.385. The highest BCUT2D eigenvalue weighted by Gasteiger charge is 2.39. The third-order valence-corrected chi connectivity index (χ3v) is 6.23. The molecular weight excluding hydrogens is 418 g/mol. The van der Waals surface area contributed by atoms with Gasteiger partial charge in [-0.2, -0.15) is 0 Å². The van der Waals surface area contributed by atoms with Crippen molar-refractivity contribution in [3.63, 3.8) is 0 Å². The van der Waals surface area contributed by atoms with Gasteiger partial charge in [0.15, 0.2) is 5.75 Å². The van der Waals surface area contributed by atoms with Crippen LogP contribution >= 0.6 is 11.8 Å². The summed E-state index contributed by atoms with van der Waals surface area (Å²) in [6, 6.07) is 9.87. The van der Waals surface area contributed by atoms with E-state index in [0.29, 0.717) is 0 Å². The van der Waals surface area contributed by atoms with Crippen LogP contribution < -0.4 is 4.74 Å². The first-order chi connectivity index (χ1) is 14.5. The summed E-state index contributed by atoms with van der Waals surface area (Å²) < 4.78 is 10.1. The normalized spacial score (nSPS) is 18.1. The monoisotopic (exact) mass is 443 g/mol. The van der Waals surface area contributed by atoms with Crippen LogP contribution in [0.15, 0.2) is 36.4 Å². The van der Waals surface area contributed by atoms with Crippen LogP contribution in [-0.2, 0) is 20.7 Å². The Bertz CT molecular complexity index is 1030. The SMILES string of the molecule is Cc1ccc2c(c1)CCSC2(C=O)COc1ccc(C(=O)OC(C)(C)C)cc1[N+](=O)[O-]. The Hall–Kier alpha value is -2.87. The zero-order valence-electron chi connectivity index (χ0n) is 18.0. The van der Waals surface area contributed by atoms with Gasteiger partial charge in [-0.1, -0.05) is 23.8 Å². The summed E-state index contributed by atoms with van der Waals surface area (Å²) in [4.78, 5) is 35.4. The Labute approximate surface area is 185 Å². The Morgan fingerprint density at radius 1 is 1.26 bits per heavy atom. The fourth-order valence-electron chi connectivity index (χ4n) is 3.45. The third kappa shape index (κ3) is 5.07. The van der Waals surface area contributed by atoms with Gasteiger partial charge in [0.2, 0.25) is 0 Å². The van der Waals surface area contributed by atoms with Crippen molar-refractivity contribution in [2.45, 2.75) is 44.5 Å². The minimum Gasteiger partial charge on any atom is -0.484 e. The second kappa shape index (κ2) is 8.70. The van der Waals surface area contributed by atoms with Crippen molar-refractivity contribution in [1.82, 2.24) is 0 Å². The predicted molar refractivity (Wildman–Crippen MR) is 119 cm³/mol. The molecular formula is C23H25NO6S. The number of fused-ring (bicyclic) bond motifs is 1. The maximum atomic E-state index is 12.3. The highest BCUT2D eigenvalue weighted by molar-refractivity contribution is 8.00. The smallest absolute Gasteiger partial charge is 0.338 e. The maximum Gasteiger partial charge on any atom is 0.338 e. The van der Waals surface area contributed by atoms with Crippen LogP contribution in [0, 0.1) is 17.0 Å². The lowest BCUT2D eigenvalue weighted by atomic mass is 9.91. The van der Waals surface area contributed by atoms with Crippen LogP contribution in [0.2, 0.25) is 0 Å². The van der Waals surface area contributed by atoms with E-state index in [-0.39, 0.29) is 23.6 Å². The molecule has 3 rings (SSSR count). The molecule has 0 aliphatic carbocycles. The molecule has 1 heterocycles. The molecule has 8 heteroatoms. The highest BCUT2D eigenvalue weighted by Crippen LogP contribution is 2.42. The van der Waals surface area contributed by atoms with Crippen LogP contribution in [0.25, 0.3) is 0 Å². The number of benzene rings is 2. The van der Waals surface area contributed by atoms with Gasteiger partial charge >= 0.3 is 11.7 Å². The molecule has 0 aromatic heterocycles. The van der Waals surface area contributed by atoms with E-state index in [1.165, 1.54) is 23.9 Å². The van der Waals surface area contributed by atoms with Crippen molar-refractivity contribution in [2.75, 3.05) is 12.4 Å². The Morgan fingerprint density at radius 3 is 2.65 bits per heavy atom. The number of nitro groups is 1. The molecule has 164 valence electrons. The van der Waals surface area contributed by atoms with Crippen molar-refractivity contribution in [2.24, 2.45) is 0 Å². The van der Waals surface area contributed by atoms with E-state index in [2.05, 4.69) is 6.07 Å². The Kier molecular flexibility index (Phi) is 6.40. The molecule has 7 nitrogen and oxygen atoms in total. The van der Waals surface area contributed by atoms with Crippen molar-refractivity contribution in [3.05, 3.63) is 68.8 Å². The average molecular weight is 444 g/mol. The largest absolute Gasteiger partial charge is 0.484 e. The van der Waals surface area contributed by atoms with Crippen LogP contribution in [0.5, 0.6) is 5.75 Å². The van der Waals surface area contributed by atoms with Crippen LogP contribution in [0.1, 0.15) is 47.8 Å². The standard InChI is InChI=1S/C23H25NO6S/c1-15-5-7-18-16(11-15)9-10-31-23(18,13-25)14-29-20-8-6-17(12-19(20)24(27)28)21(26)30-22(2,3)4/h5-8,11-13H,9-10,14H2,1-4H3. The van der Waals surface area contributed by atoms with Gasteiger partial charge in [-0.05, 0) is 63.1 Å². The van der Waals surface area contributed by atoms with Crippen LogP contribution in [-0.4, -0.2) is 35.1 Å². The summed E-state index contributed by atoms with van der Waals surface area (Å²) in [7, 11) is 0. The summed E-state index contributed by atoms with van der Waals surface area (Å²) >= 11 is 1.47. The third-order valence-electron chi connectivity index (χ3n) is 4.87. The van der Waals surface area contributed by atoms with Crippen molar-refractivity contribution in [1.29, 1.82) is 0 Å². The van der Waals surface area contributed by atoms with Gasteiger partial charge in [-0.15, -0.1) is 11.8 Å². The molecule has 0 saturated heterocycles. The summed E-state index contributed by atoms with van der Waals surface area (Å²) in [5.74, 6) is 0.0927. The van der Waals surface area contributed by atoms with E-state index in [1.807, 2.05) is 19.1 Å². The quantitative estimate of drug-likeness (QED) is 0.278. The highest BCUT2D eigenvalue weighted by atomic mass is 32.2. The molecule has 31 heavy (non-hydrogen) atoms. The van der Waals surface area contributed by atoms with Gasteiger partial charge in [0.05, 0.1) is 10.5 Å². The Morgan fingerprint density at radius 2 is 2.00 bits per heavy atom. The summed E-state index contributed by atoms with van der Waals surface area (Å²) in [6.07, 6.45) is 1.70. The lowest BCUT2D eigenvalue weighted by Gasteiger charge is -2.33. The van der Waals surface area contributed by atoms with Gasteiger partial charge in [0.1, 0.15) is 23.2 Å². The van der Waals surface area contributed by atoms with Crippen molar-refractivity contribution < 1.29 is 24.0 Å². The zero-order chi connectivity index (χ0) is 22.8. The van der Waals surface area contributed by atoms with Crippen LogP contribution in [0.4, 0.5) is 5.69 Å². The average Bonchev–Trinajstić information content (AvgIpc) is 2.70. The molecule has 2 aromatic rings. The number of hydrogen-bond donors (Lipinski definition) is 0. The Balaban J connectivity index is 1.88. The van der Waals surface area contributed by atoms with E-state index in [9.17, 15) is 19.7 Å². The summed E-state index contributed by atoms with van der Waals surface area (Å²) in [5, 5.41) is 11.6. The molecule has 0 fully saturated rings. The van der Waals surface area contributed by atoms with Crippen LogP contribution in [0.3, 0.4) is 0 Å². The van der Waals surface area contributed by atoms with E-state index in [4.69, 9.17) is 9.47 Å². The van der Waals surface area contributed by atoms with E-state index in [0.717, 1.165) is 41.2 Å². The van der Waals surface area contributed by atoms with Gasteiger partial charge in [-0.3, -0.25) is 10.1 Å². The van der Waals surface area contributed by atoms with E-state index in [1.54, 1.807) is 20.8 Å². The van der Waals surface area contributed by atoms with E-state index >= 15 is 0 Å². The molecule has 0 radical (unpaired) electrons. The number of carbonyl (C=O) groups excluding carboxylic acids is 2. The van der Waals surface area contributed by atoms with Gasteiger partial charge in [0, 0.05) is 6.07 Å². The number of hydrogen-bond acceptors (Lipinski definition) is 7. The second-order valence-corrected chi connectivity index (χ2v) is 9.92. The van der Waals surface area contributed by atoms with Gasteiger partial charge in [-0.25, -0.2) is 4.79 Å². The van der Waals surface area contributed by atoms with E-state index < -0.39 is 21.2 Å². The predicted octanol–water partition coefficient (Wildman–Crippen LogP) is 4.62. The number of ether oxygens (including phenoxy) is 2. The molecule has 0 bridgehead atoms. The molecule has 1 atom stereocenters. The number of nitrogens with zero attached hydrogens (tertiary/aromatic N) is 1. The van der Waals surface area contributed by atoms with Crippen molar-refractivity contribution in [3.8, 4) is 5.75 Å². The first kappa shape index (κ1) is 22.8. The fourth-order valence-corrected chi connectivity index (χ4v) is 4.70. The fraction of sp³-hybridized carbons (Fsp3) is 0.391. The molecule has 2 aromatic carbocycles. The molecule has 1 unspecified atom stereocenters. The zero-order valence-corrected chi connectivity index (χ0v) is 18.8. The minimum absolute atomic E-state index is 0.00151. The summed E-state index contributed by atoms with van der Waals surface area (Å²) in [6.45, 7) is 7.10. The number of aryl methyl sites for hydroxylation is 2. The molecule has 0 N–H and O–H groups in total. The summed E-state index contributed by atoms with van der Waals surface area (Å²) in [5.41, 5.74) is 2.06. The molecule has 1 aliphatic heterocycles. The number of esters is 1. The number of carbonyl (C=O) groups is 2. The number of thioether (sulfide) groups is 1. The molecule has 0 saturated carbocycles. The first-order valence-electron chi connectivity index (χ1n) is 9.89. The second-order valence-electron chi connectivity index (χ2n) is 8.50. The number of aldehydes is 1. The molecule has 0 spiro atoms. The number of nitro benzene ring substituents is 1. The van der Waals surface area contributed by atoms with Gasteiger partial charge < -0.3 is 14.3 Å². The first-order valence-corrected chi connectivity index (χ1v) is 10.9. The topological polar surface area (TPSA) is 95.7 Å². The lowest BCUT2D eigenvalue weighted by Crippen LogP contribution is -2.36. The van der Waals surface area contributed by atoms with Crippen molar-refractivity contribution >= 4 is 29.7 Å². The maximum absolute atomic E-state index is 12.3. The van der Waals surface area contributed by atoms with Gasteiger partial charge in [0.25, 0.3) is 0 Å². The molecule has 1 aliphatic rings. The minimum atomic E-state index is -0.945. The number of rotatable bonds is 6. The molecule has 0 amide bonds.